The zero-order valence-corrected chi connectivity index (χ0v) is 10.6. The van der Waals surface area contributed by atoms with Crippen LogP contribution in [-0.4, -0.2) is 31.4 Å². The average molecular weight is 243 g/mol. The number of hydrogen-bond acceptors (Lipinski definition) is 5. The van der Waals surface area contributed by atoms with Gasteiger partial charge in [-0.2, -0.15) is 0 Å². The molecule has 0 aliphatic carbocycles. The molecule has 1 heterocycles. The maximum Gasteiger partial charge on any atom is 0.323 e. The Bertz CT molecular complexity index is 338. The van der Waals surface area contributed by atoms with E-state index < -0.39 is 0 Å². The molecule has 0 aromatic carbocycles. The molecule has 0 saturated heterocycles. The lowest BCUT2D eigenvalue weighted by Gasteiger charge is -2.13. The van der Waals surface area contributed by atoms with Crippen LogP contribution in [0.1, 0.15) is 12.7 Å². The molecule has 0 bridgehead atoms. The summed E-state index contributed by atoms with van der Waals surface area (Å²) in [6.45, 7) is 4.12. The van der Waals surface area contributed by atoms with Gasteiger partial charge in [-0.05, 0) is 27.0 Å². The van der Waals surface area contributed by atoms with Crippen LogP contribution in [0.4, 0.5) is 0 Å². The molecule has 1 aromatic heterocycles. The molecule has 1 rings (SSSR count). The molecule has 90 valence electrons. The maximum atomic E-state index is 11.5. The molecule has 0 amide bonds. The minimum Gasteiger partial charge on any atom is -0.468 e. The summed E-state index contributed by atoms with van der Waals surface area (Å²) in [7, 11) is 1.75. The molecule has 0 radical (unpaired) electrons. The minimum atomic E-state index is -0.278. The molecular formula is C11H17NO3S. The normalized spacial score (nSPS) is 12.4. The van der Waals surface area contributed by atoms with E-state index in [0.29, 0.717) is 12.4 Å². The molecule has 16 heavy (non-hydrogen) atoms. The van der Waals surface area contributed by atoms with Crippen LogP contribution in [0.5, 0.6) is 0 Å². The summed E-state index contributed by atoms with van der Waals surface area (Å²) in [5.41, 5.74) is 0. The number of thioether (sulfide) groups is 1. The summed E-state index contributed by atoms with van der Waals surface area (Å²) in [4.78, 5) is 12.6. The lowest BCUT2D eigenvalue weighted by molar-refractivity contribution is -0.144. The monoisotopic (exact) mass is 243 g/mol. The van der Waals surface area contributed by atoms with E-state index in [1.807, 2.05) is 13.0 Å². The van der Waals surface area contributed by atoms with E-state index in [1.54, 1.807) is 32.0 Å². The van der Waals surface area contributed by atoms with Crippen molar-refractivity contribution in [3.05, 3.63) is 18.1 Å². The highest BCUT2D eigenvalue weighted by atomic mass is 32.2. The van der Waals surface area contributed by atoms with Crippen molar-refractivity contribution in [2.75, 3.05) is 19.4 Å². The van der Waals surface area contributed by atoms with Gasteiger partial charge in [0.05, 0.1) is 12.9 Å². The molecule has 5 heteroatoms. The fourth-order valence-electron chi connectivity index (χ4n) is 1.21. The second-order valence-corrected chi connectivity index (χ2v) is 4.31. The van der Waals surface area contributed by atoms with Gasteiger partial charge in [-0.25, -0.2) is 0 Å². The van der Waals surface area contributed by atoms with Gasteiger partial charge < -0.3 is 14.5 Å². The number of ether oxygens (including phenoxy) is 1. The average Bonchev–Trinajstić information content (AvgIpc) is 2.66. The van der Waals surface area contributed by atoms with Gasteiger partial charge in [0.25, 0.3) is 0 Å². The minimum absolute atomic E-state index is 0.210. The van der Waals surface area contributed by atoms with E-state index in [-0.39, 0.29) is 12.0 Å². The van der Waals surface area contributed by atoms with Crippen molar-refractivity contribution in [2.45, 2.75) is 24.8 Å². The molecule has 0 saturated carbocycles. The van der Waals surface area contributed by atoms with E-state index >= 15 is 0 Å². The van der Waals surface area contributed by atoms with Gasteiger partial charge in [0.15, 0.2) is 0 Å². The summed E-state index contributed by atoms with van der Waals surface area (Å²) in [6.07, 6.45) is 1.65. The Morgan fingerprint density at radius 1 is 1.69 bits per heavy atom. The molecule has 1 atom stereocenters. The number of nitrogens with one attached hydrogen (secondary N) is 1. The molecule has 0 fully saturated rings. The van der Waals surface area contributed by atoms with Crippen LogP contribution < -0.4 is 5.32 Å². The highest BCUT2D eigenvalue weighted by Gasteiger charge is 2.18. The van der Waals surface area contributed by atoms with Gasteiger partial charge in [0.1, 0.15) is 11.8 Å². The molecule has 4 nitrogen and oxygen atoms in total. The summed E-state index contributed by atoms with van der Waals surface area (Å²) in [5, 5.41) is 2.94. The van der Waals surface area contributed by atoms with Crippen LogP contribution in [0.15, 0.2) is 21.6 Å². The summed E-state index contributed by atoms with van der Waals surface area (Å²) in [5.74, 6) is 1.30. The molecule has 0 aliphatic heterocycles. The lowest BCUT2D eigenvalue weighted by atomic mass is 10.3. The molecule has 1 aromatic rings. The molecule has 0 aliphatic rings. The van der Waals surface area contributed by atoms with Gasteiger partial charge in [0.2, 0.25) is 0 Å². The van der Waals surface area contributed by atoms with Crippen LogP contribution in [0.3, 0.4) is 0 Å². The number of aryl methyl sites for hydroxylation is 1. The zero-order valence-electron chi connectivity index (χ0n) is 9.78. The summed E-state index contributed by atoms with van der Waals surface area (Å²) in [6, 6.07) is 1.62. The Balaban J connectivity index is 2.46. The van der Waals surface area contributed by atoms with E-state index in [2.05, 4.69) is 5.32 Å². The van der Waals surface area contributed by atoms with Crippen molar-refractivity contribution in [3.63, 3.8) is 0 Å². The smallest absolute Gasteiger partial charge is 0.323 e. The van der Waals surface area contributed by atoms with Crippen LogP contribution in [0, 0.1) is 6.92 Å². The van der Waals surface area contributed by atoms with Crippen molar-refractivity contribution in [2.24, 2.45) is 0 Å². The summed E-state index contributed by atoms with van der Waals surface area (Å²) < 4.78 is 10.1. The van der Waals surface area contributed by atoms with Crippen molar-refractivity contribution in [1.29, 1.82) is 0 Å². The molecule has 1 N–H and O–H groups in total. The van der Waals surface area contributed by atoms with Gasteiger partial charge in [0, 0.05) is 10.6 Å². The van der Waals surface area contributed by atoms with Crippen molar-refractivity contribution in [3.8, 4) is 0 Å². The zero-order chi connectivity index (χ0) is 12.0. The second-order valence-electron chi connectivity index (χ2n) is 3.25. The third kappa shape index (κ3) is 3.57. The topological polar surface area (TPSA) is 51.5 Å². The standard InChI is InChI=1S/C11H17NO3S/c1-4-14-11(13)9(12-3)7-16-10-5-6-15-8(10)2/h5-6,9,12H,4,7H2,1-3H3. The van der Waals surface area contributed by atoms with Gasteiger partial charge in [-0.15, -0.1) is 11.8 Å². The number of carbonyl (C=O) groups is 1. The van der Waals surface area contributed by atoms with Crippen molar-refractivity contribution >= 4 is 17.7 Å². The Morgan fingerprint density at radius 3 is 2.94 bits per heavy atom. The number of likely N-dealkylation sites (N-methyl/N-ethyl adjacent to an activating group) is 1. The van der Waals surface area contributed by atoms with E-state index in [4.69, 9.17) is 9.15 Å². The number of rotatable bonds is 6. The largest absolute Gasteiger partial charge is 0.468 e. The lowest BCUT2D eigenvalue weighted by Crippen LogP contribution is -2.37. The first kappa shape index (κ1) is 13.1. The predicted molar refractivity (Wildman–Crippen MR) is 63.6 cm³/mol. The van der Waals surface area contributed by atoms with E-state index in [0.717, 1.165) is 10.7 Å². The van der Waals surface area contributed by atoms with Gasteiger partial charge in [-0.1, -0.05) is 0 Å². The van der Waals surface area contributed by atoms with E-state index in [9.17, 15) is 4.79 Å². The first-order valence-electron chi connectivity index (χ1n) is 5.19. The van der Waals surface area contributed by atoms with Crippen LogP contribution in [-0.2, 0) is 9.53 Å². The second kappa shape index (κ2) is 6.60. The van der Waals surface area contributed by atoms with Gasteiger partial charge >= 0.3 is 5.97 Å². The molecule has 1 unspecified atom stereocenters. The highest BCUT2D eigenvalue weighted by molar-refractivity contribution is 7.99. The summed E-state index contributed by atoms with van der Waals surface area (Å²) >= 11 is 1.58. The van der Waals surface area contributed by atoms with Crippen LogP contribution in [0.25, 0.3) is 0 Å². The number of hydrogen-bond donors (Lipinski definition) is 1. The number of esters is 1. The first-order valence-corrected chi connectivity index (χ1v) is 6.18. The maximum absolute atomic E-state index is 11.5. The Kier molecular flexibility index (Phi) is 5.42. The predicted octanol–water partition coefficient (Wildman–Crippen LogP) is 1.83. The van der Waals surface area contributed by atoms with Crippen molar-refractivity contribution < 1.29 is 13.9 Å². The van der Waals surface area contributed by atoms with Crippen LogP contribution >= 0.6 is 11.8 Å². The Labute approximate surface area is 99.7 Å². The fraction of sp³-hybridized carbons (Fsp3) is 0.545. The van der Waals surface area contributed by atoms with E-state index in [1.165, 1.54) is 0 Å². The molecular weight excluding hydrogens is 226 g/mol. The fourth-order valence-corrected chi connectivity index (χ4v) is 2.26. The quantitative estimate of drug-likeness (QED) is 0.610. The third-order valence-electron chi connectivity index (χ3n) is 2.14. The van der Waals surface area contributed by atoms with Crippen molar-refractivity contribution in [1.82, 2.24) is 5.32 Å². The molecule has 0 spiro atoms. The Morgan fingerprint density at radius 2 is 2.44 bits per heavy atom. The Hall–Kier alpha value is -0.940. The number of furan rings is 1. The van der Waals surface area contributed by atoms with Gasteiger partial charge in [-0.3, -0.25) is 4.79 Å². The van der Waals surface area contributed by atoms with Crippen LogP contribution in [0.2, 0.25) is 0 Å². The first-order chi connectivity index (χ1) is 7.69. The highest BCUT2D eigenvalue weighted by Crippen LogP contribution is 2.23. The SMILES string of the molecule is CCOC(=O)C(CSc1ccoc1C)NC. The number of carbonyl (C=O) groups excluding carboxylic acids is 1. The third-order valence-corrected chi connectivity index (χ3v) is 3.37.